The molecule has 0 saturated heterocycles. The molecule has 0 bridgehead atoms. The van der Waals surface area contributed by atoms with Crippen LogP contribution in [0.15, 0.2) is 11.8 Å². The van der Waals surface area contributed by atoms with Crippen molar-refractivity contribution in [1.82, 2.24) is 5.32 Å². The Morgan fingerprint density at radius 2 is 2.22 bits per heavy atom. The summed E-state index contributed by atoms with van der Waals surface area (Å²) < 4.78 is 11.5. The highest BCUT2D eigenvalue weighted by Crippen LogP contribution is 2.42. The maximum absolute atomic E-state index is 12.2. The Bertz CT molecular complexity index is 459. The Labute approximate surface area is 139 Å². The van der Waals surface area contributed by atoms with Crippen molar-refractivity contribution >= 4 is 5.91 Å². The lowest BCUT2D eigenvalue weighted by Gasteiger charge is -2.42. The predicted octanol–water partition coefficient (Wildman–Crippen LogP) is 2.06. The Morgan fingerprint density at radius 3 is 2.74 bits per heavy atom. The van der Waals surface area contributed by atoms with E-state index in [0.717, 1.165) is 6.42 Å². The molecule has 1 heterocycles. The van der Waals surface area contributed by atoms with Crippen LogP contribution >= 0.6 is 0 Å². The summed E-state index contributed by atoms with van der Waals surface area (Å²) >= 11 is 0. The normalized spacial score (nSPS) is 24.3. The number of carbonyl (C=O) groups is 1. The molecular formula is C18H29NO4. The molecule has 130 valence electrons. The van der Waals surface area contributed by atoms with Crippen LogP contribution in [0.4, 0.5) is 0 Å². The zero-order valence-electron chi connectivity index (χ0n) is 14.6. The Balaban J connectivity index is 3.08. The number of amides is 1. The van der Waals surface area contributed by atoms with E-state index in [1.54, 1.807) is 0 Å². The molecule has 3 atom stereocenters. The molecule has 0 fully saturated rings. The van der Waals surface area contributed by atoms with Gasteiger partial charge in [0.25, 0.3) is 5.91 Å². The van der Waals surface area contributed by atoms with Crippen molar-refractivity contribution in [3.63, 3.8) is 0 Å². The predicted molar refractivity (Wildman–Crippen MR) is 89.2 cm³/mol. The first-order valence-corrected chi connectivity index (χ1v) is 8.17. The molecule has 1 amide bonds. The first-order chi connectivity index (χ1) is 10.8. The molecule has 0 saturated carbocycles. The van der Waals surface area contributed by atoms with E-state index in [1.165, 1.54) is 0 Å². The van der Waals surface area contributed by atoms with Crippen LogP contribution < -0.4 is 5.32 Å². The van der Waals surface area contributed by atoms with Crippen molar-refractivity contribution in [1.29, 1.82) is 0 Å². The molecule has 1 aliphatic heterocycles. The van der Waals surface area contributed by atoms with Gasteiger partial charge in [-0.2, -0.15) is 0 Å². The molecule has 0 aromatic heterocycles. The lowest BCUT2D eigenvalue weighted by Crippen LogP contribution is -2.43. The highest BCUT2D eigenvalue weighted by molar-refractivity contribution is 5.91. The van der Waals surface area contributed by atoms with Gasteiger partial charge >= 0.3 is 0 Å². The first-order valence-electron chi connectivity index (χ1n) is 8.17. The molecule has 5 nitrogen and oxygen atoms in total. The largest absolute Gasteiger partial charge is 0.459 e. The van der Waals surface area contributed by atoms with Crippen LogP contribution in [0, 0.1) is 29.6 Å². The summed E-state index contributed by atoms with van der Waals surface area (Å²) in [5.41, 5.74) is -0.0586. The van der Waals surface area contributed by atoms with Crippen molar-refractivity contribution in [3.05, 3.63) is 11.8 Å². The first kappa shape index (κ1) is 19.5. The number of aliphatic hydroxyl groups is 1. The van der Waals surface area contributed by atoms with Crippen LogP contribution in [-0.2, 0) is 14.3 Å². The Morgan fingerprint density at radius 1 is 1.52 bits per heavy atom. The lowest BCUT2D eigenvalue weighted by molar-refractivity contribution is -0.179. The topological polar surface area (TPSA) is 67.8 Å². The molecule has 1 aliphatic rings. The number of nitrogens with one attached hydrogen (secondary N) is 1. The summed E-state index contributed by atoms with van der Waals surface area (Å²) in [4.78, 5) is 12.2. The third-order valence-electron chi connectivity index (χ3n) is 3.99. The Kier molecular flexibility index (Phi) is 7.60. The van der Waals surface area contributed by atoms with Gasteiger partial charge in [0.05, 0.1) is 6.54 Å². The average Bonchev–Trinajstić information content (AvgIpc) is 2.50. The number of carbonyl (C=O) groups excluding carboxylic acids is 1. The number of allylic oxidation sites excluding steroid dienone is 1. The van der Waals surface area contributed by atoms with Crippen molar-refractivity contribution < 1.29 is 19.4 Å². The van der Waals surface area contributed by atoms with Gasteiger partial charge in [-0.05, 0) is 37.2 Å². The molecule has 0 aromatic rings. The van der Waals surface area contributed by atoms with Gasteiger partial charge < -0.3 is 19.9 Å². The van der Waals surface area contributed by atoms with Gasteiger partial charge in [0.1, 0.15) is 0 Å². The SMILES string of the molecule is C#CCNC(=O)C1=C[C@@H](C(C)(C)C)[C@@H](CCCO)[C@@H](OCC)O1. The van der Waals surface area contributed by atoms with E-state index >= 15 is 0 Å². The second-order valence-electron chi connectivity index (χ2n) is 6.78. The van der Waals surface area contributed by atoms with E-state index in [0.29, 0.717) is 13.0 Å². The molecule has 1 rings (SSSR count). The van der Waals surface area contributed by atoms with Crippen LogP contribution in [0.5, 0.6) is 0 Å². The number of hydrogen-bond donors (Lipinski definition) is 2. The van der Waals surface area contributed by atoms with Gasteiger partial charge in [-0.1, -0.05) is 26.7 Å². The van der Waals surface area contributed by atoms with Gasteiger partial charge in [-0.25, -0.2) is 0 Å². The molecule has 23 heavy (non-hydrogen) atoms. The summed E-state index contributed by atoms with van der Waals surface area (Å²) in [6.45, 7) is 9.08. The van der Waals surface area contributed by atoms with Gasteiger partial charge in [0.2, 0.25) is 6.29 Å². The van der Waals surface area contributed by atoms with Crippen LogP contribution in [0.2, 0.25) is 0 Å². The average molecular weight is 323 g/mol. The van der Waals surface area contributed by atoms with Crippen LogP contribution in [0.3, 0.4) is 0 Å². The zero-order chi connectivity index (χ0) is 17.5. The maximum atomic E-state index is 12.2. The van der Waals surface area contributed by atoms with Gasteiger partial charge in [-0.3, -0.25) is 4.79 Å². The molecule has 0 aliphatic carbocycles. The minimum absolute atomic E-state index is 0.0586. The van der Waals surface area contributed by atoms with E-state index < -0.39 is 6.29 Å². The van der Waals surface area contributed by atoms with Crippen molar-refractivity contribution in [2.24, 2.45) is 17.3 Å². The Hall–Kier alpha value is -1.51. The molecule has 0 aromatic carbocycles. The number of hydrogen-bond acceptors (Lipinski definition) is 4. The van der Waals surface area contributed by atoms with E-state index in [2.05, 4.69) is 32.0 Å². The van der Waals surface area contributed by atoms with E-state index in [9.17, 15) is 4.79 Å². The lowest BCUT2D eigenvalue weighted by atomic mass is 9.70. The number of terminal acetylenes is 1. The molecule has 0 unspecified atom stereocenters. The van der Waals surface area contributed by atoms with Gasteiger partial charge in [0, 0.05) is 19.1 Å². The van der Waals surface area contributed by atoms with Gasteiger partial charge in [-0.15, -0.1) is 6.42 Å². The smallest absolute Gasteiger partial charge is 0.286 e. The monoisotopic (exact) mass is 323 g/mol. The van der Waals surface area contributed by atoms with E-state index in [1.807, 2.05) is 13.0 Å². The van der Waals surface area contributed by atoms with Crippen molar-refractivity contribution in [2.45, 2.75) is 46.8 Å². The maximum Gasteiger partial charge on any atom is 0.286 e. The quantitative estimate of drug-likeness (QED) is 0.704. The molecule has 0 spiro atoms. The fourth-order valence-corrected chi connectivity index (χ4v) is 2.91. The third kappa shape index (κ3) is 5.56. The molecular weight excluding hydrogens is 294 g/mol. The summed E-state index contributed by atoms with van der Waals surface area (Å²) in [6, 6.07) is 0. The third-order valence-corrected chi connectivity index (χ3v) is 3.99. The minimum Gasteiger partial charge on any atom is -0.459 e. The standard InChI is InChI=1S/C18H29NO4/c1-6-10-19-16(21)15-12-14(18(3,4)5)13(9-8-11-20)17(23-15)22-7-2/h1,12-14,17,20H,7-11H2,2-5H3,(H,19,21)/t13-,14-,17+/m1/s1. The summed E-state index contributed by atoms with van der Waals surface area (Å²) in [5.74, 6) is 2.52. The fraction of sp³-hybridized carbons (Fsp3) is 0.722. The van der Waals surface area contributed by atoms with Crippen molar-refractivity contribution in [2.75, 3.05) is 19.8 Å². The summed E-state index contributed by atoms with van der Waals surface area (Å²) in [7, 11) is 0. The number of ether oxygens (including phenoxy) is 2. The summed E-state index contributed by atoms with van der Waals surface area (Å²) in [5, 5.41) is 11.8. The number of aliphatic hydroxyl groups excluding tert-OH is 1. The van der Waals surface area contributed by atoms with E-state index in [-0.39, 0.29) is 42.1 Å². The molecule has 2 N–H and O–H groups in total. The van der Waals surface area contributed by atoms with Crippen LogP contribution in [0.25, 0.3) is 0 Å². The molecule has 5 heteroatoms. The van der Waals surface area contributed by atoms with E-state index in [4.69, 9.17) is 21.0 Å². The molecule has 0 radical (unpaired) electrons. The van der Waals surface area contributed by atoms with Crippen LogP contribution in [0.1, 0.15) is 40.5 Å². The number of rotatable bonds is 7. The second kappa shape index (κ2) is 8.95. The van der Waals surface area contributed by atoms with Gasteiger partial charge in [0.15, 0.2) is 5.76 Å². The highest BCUT2D eigenvalue weighted by Gasteiger charge is 2.41. The van der Waals surface area contributed by atoms with Crippen LogP contribution in [-0.4, -0.2) is 37.1 Å². The zero-order valence-corrected chi connectivity index (χ0v) is 14.6. The highest BCUT2D eigenvalue weighted by atomic mass is 16.7. The fourth-order valence-electron chi connectivity index (χ4n) is 2.91. The minimum atomic E-state index is -0.493. The summed E-state index contributed by atoms with van der Waals surface area (Å²) in [6.07, 6.45) is 8.02. The van der Waals surface area contributed by atoms with Crippen molar-refractivity contribution in [3.8, 4) is 12.3 Å². The second-order valence-corrected chi connectivity index (χ2v) is 6.78.